The molecule has 29 heavy (non-hydrogen) atoms. The normalized spacial score (nSPS) is 15.2. The first-order valence-electron chi connectivity index (χ1n) is 10.0. The summed E-state index contributed by atoms with van der Waals surface area (Å²) in [6.07, 6.45) is 5.93. The van der Waals surface area contributed by atoms with Crippen molar-refractivity contribution in [1.29, 1.82) is 0 Å². The molecule has 0 bridgehead atoms. The van der Waals surface area contributed by atoms with Gasteiger partial charge < -0.3 is 10.1 Å². The number of rotatable bonds is 7. The summed E-state index contributed by atoms with van der Waals surface area (Å²) < 4.78 is 7.12. The molecule has 6 heteroatoms. The Labute approximate surface area is 171 Å². The van der Waals surface area contributed by atoms with E-state index in [0.717, 1.165) is 30.1 Å². The summed E-state index contributed by atoms with van der Waals surface area (Å²) in [7, 11) is 1.68. The summed E-state index contributed by atoms with van der Waals surface area (Å²) in [6, 6.07) is 17.6. The Balaban J connectivity index is 1.54. The second-order valence-corrected chi connectivity index (χ2v) is 7.21. The number of carbonyl (C=O) groups excluding carboxylic acids is 1. The molecule has 1 saturated heterocycles. The van der Waals surface area contributed by atoms with Gasteiger partial charge in [-0.1, -0.05) is 24.3 Å². The van der Waals surface area contributed by atoms with Crippen LogP contribution in [0.4, 0.5) is 0 Å². The maximum atomic E-state index is 13.0. The minimum Gasteiger partial charge on any atom is -0.497 e. The summed E-state index contributed by atoms with van der Waals surface area (Å²) in [5, 5.41) is 7.42. The van der Waals surface area contributed by atoms with Crippen molar-refractivity contribution in [2.24, 2.45) is 0 Å². The van der Waals surface area contributed by atoms with Gasteiger partial charge in [-0.25, -0.2) is 4.68 Å². The van der Waals surface area contributed by atoms with Gasteiger partial charge in [-0.2, -0.15) is 5.10 Å². The van der Waals surface area contributed by atoms with Crippen molar-refractivity contribution in [1.82, 2.24) is 20.0 Å². The molecule has 1 amide bonds. The molecule has 0 radical (unpaired) electrons. The van der Waals surface area contributed by atoms with Crippen molar-refractivity contribution < 1.29 is 9.53 Å². The number of aromatic nitrogens is 2. The topological polar surface area (TPSA) is 59.4 Å². The number of para-hydroxylation sites is 1. The zero-order chi connectivity index (χ0) is 20.1. The molecule has 0 spiro atoms. The van der Waals surface area contributed by atoms with Crippen molar-refractivity contribution in [2.75, 3.05) is 26.7 Å². The molecular weight excluding hydrogens is 364 g/mol. The molecule has 1 aromatic heterocycles. The smallest absolute Gasteiger partial charge is 0.253 e. The zero-order valence-electron chi connectivity index (χ0n) is 16.6. The number of ether oxygens (including phenoxy) is 1. The standard InChI is InChI=1S/C23H26N4O2/c1-29-19-9-6-8-18(16-19)22(26-13-4-5-14-26)17-24-23(28)20-10-2-3-11-21(20)27-15-7-12-25-27/h2-3,6-12,15-16,22H,4-5,13-14,17H2,1H3,(H,24,28). The molecule has 1 N–H and O–H groups in total. The van der Waals surface area contributed by atoms with Crippen LogP contribution in [0.3, 0.4) is 0 Å². The molecule has 2 heterocycles. The first-order chi connectivity index (χ1) is 14.3. The fraction of sp³-hybridized carbons (Fsp3) is 0.304. The summed E-state index contributed by atoms with van der Waals surface area (Å²) in [5.41, 5.74) is 2.54. The third-order valence-corrected chi connectivity index (χ3v) is 5.42. The van der Waals surface area contributed by atoms with Crippen LogP contribution in [0.15, 0.2) is 67.0 Å². The number of carbonyl (C=O) groups is 1. The monoisotopic (exact) mass is 390 g/mol. The van der Waals surface area contributed by atoms with Gasteiger partial charge in [0.2, 0.25) is 0 Å². The Morgan fingerprint density at radius 3 is 2.72 bits per heavy atom. The summed E-state index contributed by atoms with van der Waals surface area (Å²) in [5.74, 6) is 0.741. The highest BCUT2D eigenvalue weighted by atomic mass is 16.5. The minimum absolute atomic E-state index is 0.0943. The van der Waals surface area contributed by atoms with E-state index in [0.29, 0.717) is 12.1 Å². The Kier molecular flexibility index (Phi) is 5.91. The van der Waals surface area contributed by atoms with E-state index in [9.17, 15) is 4.79 Å². The number of benzene rings is 2. The van der Waals surface area contributed by atoms with Crippen LogP contribution < -0.4 is 10.1 Å². The van der Waals surface area contributed by atoms with E-state index in [1.54, 1.807) is 18.0 Å². The number of hydrogen-bond acceptors (Lipinski definition) is 4. The molecule has 1 aliphatic rings. The van der Waals surface area contributed by atoms with Gasteiger partial charge in [-0.05, 0) is 61.8 Å². The molecule has 0 saturated carbocycles. The van der Waals surface area contributed by atoms with Crippen LogP contribution in [0.5, 0.6) is 5.75 Å². The molecule has 150 valence electrons. The Morgan fingerprint density at radius 2 is 1.97 bits per heavy atom. The lowest BCUT2D eigenvalue weighted by Crippen LogP contribution is -2.37. The van der Waals surface area contributed by atoms with E-state index in [1.807, 2.05) is 48.7 Å². The molecule has 0 aliphatic carbocycles. The second-order valence-electron chi connectivity index (χ2n) is 7.21. The lowest BCUT2D eigenvalue weighted by atomic mass is 10.0. The van der Waals surface area contributed by atoms with Gasteiger partial charge in [0.15, 0.2) is 0 Å². The predicted octanol–water partition coefficient (Wildman–Crippen LogP) is 3.45. The predicted molar refractivity (Wildman–Crippen MR) is 112 cm³/mol. The summed E-state index contributed by atoms with van der Waals surface area (Å²) in [6.45, 7) is 2.63. The number of likely N-dealkylation sites (tertiary alicyclic amines) is 1. The lowest BCUT2D eigenvalue weighted by molar-refractivity contribution is 0.0937. The molecule has 6 nitrogen and oxygen atoms in total. The van der Waals surface area contributed by atoms with Crippen molar-refractivity contribution in [3.63, 3.8) is 0 Å². The molecule has 1 fully saturated rings. The highest BCUT2D eigenvalue weighted by Gasteiger charge is 2.25. The Morgan fingerprint density at radius 1 is 1.14 bits per heavy atom. The van der Waals surface area contributed by atoms with Crippen molar-refractivity contribution in [3.8, 4) is 11.4 Å². The maximum Gasteiger partial charge on any atom is 0.253 e. The lowest BCUT2D eigenvalue weighted by Gasteiger charge is -2.28. The molecule has 1 unspecified atom stereocenters. The van der Waals surface area contributed by atoms with Crippen LogP contribution in [-0.2, 0) is 0 Å². The van der Waals surface area contributed by atoms with Gasteiger partial charge in [0.05, 0.1) is 24.4 Å². The Hall–Kier alpha value is -3.12. The van der Waals surface area contributed by atoms with Crippen LogP contribution in [0, 0.1) is 0 Å². The SMILES string of the molecule is COc1cccc(C(CNC(=O)c2ccccc2-n2cccn2)N2CCCC2)c1. The fourth-order valence-corrected chi connectivity index (χ4v) is 3.92. The van der Waals surface area contributed by atoms with E-state index in [2.05, 4.69) is 27.4 Å². The maximum absolute atomic E-state index is 13.0. The largest absolute Gasteiger partial charge is 0.497 e. The minimum atomic E-state index is -0.0943. The van der Waals surface area contributed by atoms with Gasteiger partial charge in [-0.15, -0.1) is 0 Å². The highest BCUT2D eigenvalue weighted by molar-refractivity contribution is 5.97. The summed E-state index contributed by atoms with van der Waals surface area (Å²) in [4.78, 5) is 15.5. The van der Waals surface area contributed by atoms with Crippen LogP contribution >= 0.6 is 0 Å². The van der Waals surface area contributed by atoms with Crippen LogP contribution in [0.25, 0.3) is 5.69 Å². The van der Waals surface area contributed by atoms with Gasteiger partial charge >= 0.3 is 0 Å². The van der Waals surface area contributed by atoms with Crippen LogP contribution in [0.1, 0.15) is 34.8 Å². The molecule has 3 aromatic rings. The van der Waals surface area contributed by atoms with Crippen LogP contribution in [0.2, 0.25) is 0 Å². The van der Waals surface area contributed by atoms with Gasteiger partial charge in [-0.3, -0.25) is 9.69 Å². The average Bonchev–Trinajstić information content (AvgIpc) is 3.48. The molecular formula is C23H26N4O2. The molecule has 1 atom stereocenters. The van der Waals surface area contributed by atoms with Gasteiger partial charge in [0.25, 0.3) is 5.91 Å². The average molecular weight is 390 g/mol. The van der Waals surface area contributed by atoms with E-state index >= 15 is 0 Å². The van der Waals surface area contributed by atoms with E-state index in [-0.39, 0.29) is 11.9 Å². The highest BCUT2D eigenvalue weighted by Crippen LogP contribution is 2.27. The quantitative estimate of drug-likeness (QED) is 0.671. The summed E-state index contributed by atoms with van der Waals surface area (Å²) >= 11 is 0. The number of nitrogens with one attached hydrogen (secondary N) is 1. The first-order valence-corrected chi connectivity index (χ1v) is 10.0. The van der Waals surface area contributed by atoms with E-state index in [4.69, 9.17) is 4.74 Å². The van der Waals surface area contributed by atoms with Crippen LogP contribution in [-0.4, -0.2) is 47.3 Å². The fourth-order valence-electron chi connectivity index (χ4n) is 3.92. The molecule has 1 aliphatic heterocycles. The van der Waals surface area contributed by atoms with Gasteiger partial charge in [0, 0.05) is 18.9 Å². The van der Waals surface area contributed by atoms with Gasteiger partial charge in [0.1, 0.15) is 5.75 Å². The first kappa shape index (κ1) is 19.2. The molecule has 4 rings (SSSR count). The number of methoxy groups -OCH3 is 1. The third kappa shape index (κ3) is 4.32. The second kappa shape index (κ2) is 8.92. The van der Waals surface area contributed by atoms with E-state index in [1.165, 1.54) is 12.8 Å². The van der Waals surface area contributed by atoms with Crippen molar-refractivity contribution >= 4 is 5.91 Å². The molecule has 2 aromatic carbocycles. The van der Waals surface area contributed by atoms with Crippen molar-refractivity contribution in [3.05, 3.63) is 78.1 Å². The number of nitrogens with zero attached hydrogens (tertiary/aromatic N) is 3. The third-order valence-electron chi connectivity index (χ3n) is 5.42. The van der Waals surface area contributed by atoms with E-state index < -0.39 is 0 Å². The van der Waals surface area contributed by atoms with Crippen molar-refractivity contribution in [2.45, 2.75) is 18.9 Å². The number of hydrogen-bond donors (Lipinski definition) is 1. The zero-order valence-corrected chi connectivity index (χ0v) is 16.6. The Bertz CT molecular complexity index is 949. The number of amides is 1.